The third kappa shape index (κ3) is 4.45. The van der Waals surface area contributed by atoms with Crippen molar-refractivity contribution in [2.75, 3.05) is 0 Å². The van der Waals surface area contributed by atoms with Crippen molar-refractivity contribution in [3.8, 4) is 10.4 Å². The van der Waals surface area contributed by atoms with Crippen LogP contribution in [0.5, 0.6) is 0 Å². The van der Waals surface area contributed by atoms with Gasteiger partial charge in [-0.3, -0.25) is 4.79 Å². The molecule has 1 fully saturated rings. The van der Waals surface area contributed by atoms with Gasteiger partial charge in [-0.25, -0.2) is 9.18 Å². The fourth-order valence-corrected chi connectivity index (χ4v) is 3.77. The molecule has 0 spiro atoms. The average Bonchev–Trinajstić information content (AvgIpc) is 3.27. The van der Waals surface area contributed by atoms with Crippen molar-refractivity contribution in [2.24, 2.45) is 0 Å². The van der Waals surface area contributed by atoms with Gasteiger partial charge >= 0.3 is 5.97 Å². The fourth-order valence-electron chi connectivity index (χ4n) is 2.88. The number of amides is 1. The predicted octanol–water partition coefficient (Wildman–Crippen LogP) is 4.16. The van der Waals surface area contributed by atoms with Gasteiger partial charge in [0.05, 0.1) is 0 Å². The summed E-state index contributed by atoms with van der Waals surface area (Å²) in [6.45, 7) is 1.58. The Morgan fingerprint density at radius 2 is 1.84 bits per heavy atom. The Morgan fingerprint density at radius 3 is 2.52 bits per heavy atom. The van der Waals surface area contributed by atoms with E-state index in [4.69, 9.17) is 4.74 Å². The summed E-state index contributed by atoms with van der Waals surface area (Å²) >= 11 is 1.26. The molecule has 25 heavy (non-hydrogen) atoms. The first kappa shape index (κ1) is 17.6. The Morgan fingerprint density at radius 1 is 1.16 bits per heavy atom. The summed E-state index contributed by atoms with van der Waals surface area (Å²) in [5.41, 5.74) is 0.831. The molecule has 1 aromatic carbocycles. The zero-order chi connectivity index (χ0) is 17.8. The van der Waals surface area contributed by atoms with Crippen LogP contribution in [0.2, 0.25) is 0 Å². The van der Waals surface area contributed by atoms with Crippen LogP contribution in [-0.4, -0.2) is 24.0 Å². The van der Waals surface area contributed by atoms with Crippen LogP contribution >= 0.6 is 11.3 Å². The molecule has 1 heterocycles. The monoisotopic (exact) mass is 361 g/mol. The molecule has 0 saturated heterocycles. The first-order valence-electron chi connectivity index (χ1n) is 8.40. The zero-order valence-electron chi connectivity index (χ0n) is 14.0. The van der Waals surface area contributed by atoms with E-state index in [2.05, 4.69) is 5.32 Å². The molecule has 132 valence electrons. The lowest BCUT2D eigenvalue weighted by Gasteiger charge is -2.16. The second-order valence-electron chi connectivity index (χ2n) is 6.21. The minimum atomic E-state index is -0.829. The number of ether oxygens (including phenoxy) is 1. The highest BCUT2D eigenvalue weighted by Gasteiger charge is 2.24. The number of nitrogens with one attached hydrogen (secondary N) is 1. The summed E-state index contributed by atoms with van der Waals surface area (Å²) in [6, 6.07) is 9.72. The lowest BCUT2D eigenvalue weighted by molar-refractivity contribution is -0.129. The summed E-state index contributed by atoms with van der Waals surface area (Å²) in [7, 11) is 0. The van der Waals surface area contributed by atoms with Crippen molar-refractivity contribution in [1.29, 1.82) is 0 Å². The van der Waals surface area contributed by atoms with Crippen LogP contribution in [0.25, 0.3) is 10.4 Å². The lowest BCUT2D eigenvalue weighted by atomic mass is 10.2. The molecule has 1 aliphatic rings. The van der Waals surface area contributed by atoms with Gasteiger partial charge in [-0.15, -0.1) is 11.3 Å². The number of hydrogen-bond acceptors (Lipinski definition) is 4. The number of carbonyl (C=O) groups is 2. The van der Waals surface area contributed by atoms with E-state index in [9.17, 15) is 14.0 Å². The van der Waals surface area contributed by atoms with Gasteiger partial charge in [-0.2, -0.15) is 0 Å². The van der Waals surface area contributed by atoms with Gasteiger partial charge in [0, 0.05) is 10.9 Å². The molecule has 6 heteroatoms. The molecule has 1 saturated carbocycles. The topological polar surface area (TPSA) is 55.4 Å². The number of carbonyl (C=O) groups excluding carboxylic acids is 2. The first-order valence-corrected chi connectivity index (χ1v) is 9.22. The summed E-state index contributed by atoms with van der Waals surface area (Å²) < 4.78 is 18.3. The van der Waals surface area contributed by atoms with Gasteiger partial charge in [0.2, 0.25) is 0 Å². The Hall–Kier alpha value is -2.21. The van der Waals surface area contributed by atoms with Gasteiger partial charge in [0.25, 0.3) is 5.91 Å². The van der Waals surface area contributed by atoms with Gasteiger partial charge in [-0.1, -0.05) is 25.0 Å². The minimum Gasteiger partial charge on any atom is -0.448 e. The average molecular weight is 361 g/mol. The molecule has 1 N–H and O–H groups in total. The van der Waals surface area contributed by atoms with Crippen molar-refractivity contribution >= 4 is 23.2 Å². The number of thiophene rings is 1. The van der Waals surface area contributed by atoms with E-state index >= 15 is 0 Å². The maximum Gasteiger partial charge on any atom is 0.349 e. The number of esters is 1. The maximum atomic E-state index is 13.0. The van der Waals surface area contributed by atoms with E-state index in [1.54, 1.807) is 31.2 Å². The molecule has 2 aromatic rings. The van der Waals surface area contributed by atoms with Crippen LogP contribution in [0.1, 0.15) is 42.3 Å². The SMILES string of the molecule is CC(OC(=O)c1ccc(-c2ccc(F)cc2)s1)C(=O)NC1CCCC1. The third-order valence-corrected chi connectivity index (χ3v) is 5.40. The molecular weight excluding hydrogens is 341 g/mol. The molecule has 1 aromatic heterocycles. The van der Waals surface area contributed by atoms with Gasteiger partial charge < -0.3 is 10.1 Å². The number of rotatable bonds is 5. The van der Waals surface area contributed by atoms with E-state index in [0.29, 0.717) is 4.88 Å². The third-order valence-electron chi connectivity index (χ3n) is 4.29. The van der Waals surface area contributed by atoms with Crippen LogP contribution < -0.4 is 5.32 Å². The Balaban J connectivity index is 1.59. The normalized spacial score (nSPS) is 15.8. The van der Waals surface area contributed by atoms with Crippen molar-refractivity contribution in [2.45, 2.75) is 44.8 Å². The highest BCUT2D eigenvalue weighted by Crippen LogP contribution is 2.29. The van der Waals surface area contributed by atoms with E-state index in [1.165, 1.54) is 23.5 Å². The summed E-state index contributed by atoms with van der Waals surface area (Å²) in [4.78, 5) is 25.6. The van der Waals surface area contributed by atoms with Crippen LogP contribution in [0.15, 0.2) is 36.4 Å². The molecule has 0 radical (unpaired) electrons. The van der Waals surface area contributed by atoms with E-state index in [0.717, 1.165) is 36.1 Å². The van der Waals surface area contributed by atoms with Crippen LogP contribution in [0, 0.1) is 5.82 Å². The van der Waals surface area contributed by atoms with Crippen molar-refractivity contribution in [1.82, 2.24) is 5.32 Å². The molecule has 1 amide bonds. The summed E-state index contributed by atoms with van der Waals surface area (Å²) in [5.74, 6) is -1.08. The Labute approximate surface area is 150 Å². The summed E-state index contributed by atoms with van der Waals surface area (Å²) in [5, 5.41) is 2.92. The molecule has 0 aliphatic heterocycles. The van der Waals surface area contributed by atoms with Gasteiger partial charge in [0.1, 0.15) is 10.7 Å². The van der Waals surface area contributed by atoms with Crippen molar-refractivity contribution in [3.63, 3.8) is 0 Å². The van der Waals surface area contributed by atoms with Gasteiger partial charge in [0.15, 0.2) is 6.10 Å². The van der Waals surface area contributed by atoms with Crippen LogP contribution in [-0.2, 0) is 9.53 Å². The van der Waals surface area contributed by atoms with E-state index in [-0.39, 0.29) is 17.8 Å². The molecule has 4 nitrogen and oxygen atoms in total. The maximum absolute atomic E-state index is 13.0. The zero-order valence-corrected chi connectivity index (χ0v) is 14.8. The second kappa shape index (κ2) is 7.78. The highest BCUT2D eigenvalue weighted by molar-refractivity contribution is 7.17. The van der Waals surface area contributed by atoms with Crippen LogP contribution in [0.3, 0.4) is 0 Å². The molecular formula is C19H20FNO3S. The first-order chi connectivity index (χ1) is 12.0. The van der Waals surface area contributed by atoms with E-state index < -0.39 is 12.1 Å². The largest absolute Gasteiger partial charge is 0.448 e. The fraction of sp³-hybridized carbons (Fsp3) is 0.368. The molecule has 0 bridgehead atoms. The molecule has 1 atom stereocenters. The second-order valence-corrected chi connectivity index (χ2v) is 7.29. The summed E-state index contributed by atoms with van der Waals surface area (Å²) in [6.07, 6.45) is 3.39. The standard InChI is InChI=1S/C19H20FNO3S/c1-12(18(22)21-15-4-2-3-5-15)24-19(23)17-11-10-16(25-17)13-6-8-14(20)9-7-13/h6-12,15H,2-5H2,1H3,(H,21,22). The number of halogens is 1. The molecule has 1 unspecified atom stereocenters. The predicted molar refractivity (Wildman–Crippen MR) is 95.0 cm³/mol. The minimum absolute atomic E-state index is 0.195. The smallest absolute Gasteiger partial charge is 0.349 e. The highest BCUT2D eigenvalue weighted by atomic mass is 32.1. The van der Waals surface area contributed by atoms with Crippen LogP contribution in [0.4, 0.5) is 4.39 Å². The lowest BCUT2D eigenvalue weighted by Crippen LogP contribution is -2.40. The van der Waals surface area contributed by atoms with E-state index in [1.807, 2.05) is 0 Å². The number of benzene rings is 1. The van der Waals surface area contributed by atoms with Gasteiger partial charge in [-0.05, 0) is 49.6 Å². The molecule has 3 rings (SSSR count). The molecule has 1 aliphatic carbocycles. The Kier molecular flexibility index (Phi) is 5.48. The Bertz CT molecular complexity index is 750. The number of hydrogen-bond donors (Lipinski definition) is 1. The van der Waals surface area contributed by atoms with Crippen molar-refractivity contribution in [3.05, 3.63) is 47.1 Å². The quantitative estimate of drug-likeness (QED) is 0.814. The van der Waals surface area contributed by atoms with Crippen molar-refractivity contribution < 1.29 is 18.7 Å².